The monoisotopic (exact) mass is 474 g/mol. The van der Waals surface area contributed by atoms with Gasteiger partial charge in [0.25, 0.3) is 0 Å². The Bertz CT molecular complexity index is 962. The van der Waals surface area contributed by atoms with E-state index in [1.165, 1.54) is 6.08 Å². The average Bonchev–Trinajstić information content (AvgIpc) is 3.12. The molecular weight excluding hydrogens is 455 g/mol. The molecule has 0 bridgehead atoms. The van der Waals surface area contributed by atoms with Crippen molar-refractivity contribution >= 4 is 34.5 Å². The number of halogens is 1. The smallest absolute Gasteiger partial charge is 0.206 e. The van der Waals surface area contributed by atoms with E-state index in [0.717, 1.165) is 26.2 Å². The van der Waals surface area contributed by atoms with Crippen LogP contribution in [0.15, 0.2) is 60.8 Å². The number of aromatic nitrogens is 2. The fourth-order valence-electron chi connectivity index (χ4n) is 2.51. The standard InChI is InChI=1S/C21H19IN2O3/c1-24-12-11-19(23-24)20(25)9-3-15-4-10-21(26-2)16(13-15)14-27-18-7-5-17(22)6-8-18/h3-13H,14H2,1-2H3/b9-3+. The third-order valence-corrected chi connectivity index (χ3v) is 4.62. The Kier molecular flexibility index (Phi) is 6.28. The summed E-state index contributed by atoms with van der Waals surface area (Å²) in [5.74, 6) is 1.40. The maximum Gasteiger partial charge on any atom is 0.206 e. The maximum absolute atomic E-state index is 12.2. The van der Waals surface area contributed by atoms with Crippen molar-refractivity contribution in [1.29, 1.82) is 0 Å². The zero-order chi connectivity index (χ0) is 19.2. The van der Waals surface area contributed by atoms with Gasteiger partial charge in [-0.15, -0.1) is 0 Å². The molecule has 0 saturated carbocycles. The summed E-state index contributed by atoms with van der Waals surface area (Å²) in [5, 5.41) is 4.11. The number of hydrogen-bond acceptors (Lipinski definition) is 4. The van der Waals surface area contributed by atoms with Crippen LogP contribution in [0.1, 0.15) is 21.6 Å². The second-order valence-electron chi connectivity index (χ2n) is 5.89. The van der Waals surface area contributed by atoms with E-state index in [0.29, 0.717) is 12.3 Å². The van der Waals surface area contributed by atoms with Crippen molar-refractivity contribution in [2.45, 2.75) is 6.61 Å². The topological polar surface area (TPSA) is 53.4 Å². The summed E-state index contributed by atoms with van der Waals surface area (Å²) >= 11 is 2.26. The van der Waals surface area contributed by atoms with Crippen molar-refractivity contribution in [2.75, 3.05) is 7.11 Å². The second-order valence-corrected chi connectivity index (χ2v) is 7.13. The Morgan fingerprint density at radius 3 is 2.63 bits per heavy atom. The van der Waals surface area contributed by atoms with Gasteiger partial charge in [0.1, 0.15) is 23.8 Å². The second kappa shape index (κ2) is 8.85. The van der Waals surface area contributed by atoms with Gasteiger partial charge in [-0.2, -0.15) is 5.10 Å². The van der Waals surface area contributed by atoms with Crippen LogP contribution in [-0.2, 0) is 13.7 Å². The van der Waals surface area contributed by atoms with Crippen LogP contribution in [0.25, 0.3) is 6.08 Å². The number of ether oxygens (including phenoxy) is 2. The lowest BCUT2D eigenvalue weighted by atomic mass is 10.1. The fourth-order valence-corrected chi connectivity index (χ4v) is 2.87. The van der Waals surface area contributed by atoms with E-state index in [1.807, 2.05) is 42.5 Å². The van der Waals surface area contributed by atoms with Crippen LogP contribution < -0.4 is 9.47 Å². The molecule has 0 atom stereocenters. The number of aryl methyl sites for hydroxylation is 1. The normalized spacial score (nSPS) is 10.9. The summed E-state index contributed by atoms with van der Waals surface area (Å²) in [6.45, 7) is 0.375. The molecule has 1 heterocycles. The SMILES string of the molecule is COc1ccc(/C=C/C(=O)c2ccn(C)n2)cc1COc1ccc(I)cc1. The quantitative estimate of drug-likeness (QED) is 0.287. The van der Waals surface area contributed by atoms with Gasteiger partial charge in [0.2, 0.25) is 5.78 Å². The van der Waals surface area contributed by atoms with E-state index in [-0.39, 0.29) is 5.78 Å². The number of carbonyl (C=O) groups excluding carboxylic acids is 1. The highest BCUT2D eigenvalue weighted by Gasteiger charge is 2.07. The predicted molar refractivity (Wildman–Crippen MR) is 113 cm³/mol. The predicted octanol–water partition coefficient (Wildman–Crippen LogP) is 4.51. The number of carbonyl (C=O) groups is 1. The lowest BCUT2D eigenvalue weighted by Gasteiger charge is -2.11. The number of benzene rings is 2. The third kappa shape index (κ3) is 5.19. The largest absolute Gasteiger partial charge is 0.496 e. The van der Waals surface area contributed by atoms with Gasteiger partial charge in [-0.1, -0.05) is 12.1 Å². The Balaban J connectivity index is 1.73. The van der Waals surface area contributed by atoms with Crippen molar-refractivity contribution in [3.05, 3.63) is 81.2 Å². The molecule has 3 rings (SSSR count). The van der Waals surface area contributed by atoms with E-state index < -0.39 is 0 Å². The number of nitrogens with zero attached hydrogens (tertiary/aromatic N) is 2. The van der Waals surface area contributed by atoms with Crippen LogP contribution in [0, 0.1) is 3.57 Å². The van der Waals surface area contributed by atoms with Gasteiger partial charge < -0.3 is 9.47 Å². The number of ketones is 1. The van der Waals surface area contributed by atoms with Gasteiger partial charge in [-0.05, 0) is 76.7 Å². The molecule has 0 amide bonds. The van der Waals surface area contributed by atoms with Gasteiger partial charge in [0.15, 0.2) is 0 Å². The molecule has 6 heteroatoms. The molecule has 138 valence electrons. The first-order chi connectivity index (χ1) is 13.0. The molecule has 0 N–H and O–H groups in total. The van der Waals surface area contributed by atoms with Gasteiger partial charge in [0.05, 0.1) is 7.11 Å². The van der Waals surface area contributed by atoms with E-state index in [1.54, 1.807) is 37.2 Å². The lowest BCUT2D eigenvalue weighted by Crippen LogP contribution is -2.00. The van der Waals surface area contributed by atoms with E-state index in [2.05, 4.69) is 27.7 Å². The highest BCUT2D eigenvalue weighted by atomic mass is 127. The van der Waals surface area contributed by atoms with Gasteiger partial charge >= 0.3 is 0 Å². The van der Waals surface area contributed by atoms with Crippen LogP contribution in [0.4, 0.5) is 0 Å². The minimum Gasteiger partial charge on any atom is -0.496 e. The Morgan fingerprint density at radius 1 is 1.19 bits per heavy atom. The summed E-state index contributed by atoms with van der Waals surface area (Å²) in [7, 11) is 3.41. The number of rotatable bonds is 7. The van der Waals surface area contributed by atoms with E-state index in [9.17, 15) is 4.79 Å². The molecule has 0 radical (unpaired) electrons. The summed E-state index contributed by atoms with van der Waals surface area (Å²) in [4.78, 5) is 12.2. The number of hydrogen-bond donors (Lipinski definition) is 0. The highest BCUT2D eigenvalue weighted by Crippen LogP contribution is 2.23. The molecule has 0 spiro atoms. The molecule has 3 aromatic rings. The molecule has 1 aromatic heterocycles. The maximum atomic E-state index is 12.2. The van der Waals surface area contributed by atoms with Crippen LogP contribution in [-0.4, -0.2) is 22.7 Å². The summed E-state index contributed by atoms with van der Waals surface area (Å²) in [5.41, 5.74) is 2.22. The van der Waals surface area contributed by atoms with Crippen molar-refractivity contribution in [2.24, 2.45) is 7.05 Å². The van der Waals surface area contributed by atoms with Crippen molar-refractivity contribution in [1.82, 2.24) is 9.78 Å². The van der Waals surface area contributed by atoms with E-state index in [4.69, 9.17) is 9.47 Å². The molecule has 2 aromatic carbocycles. The van der Waals surface area contributed by atoms with Gasteiger partial charge in [0, 0.05) is 22.4 Å². The fraction of sp³-hybridized carbons (Fsp3) is 0.143. The first kappa shape index (κ1) is 19.2. The number of allylic oxidation sites excluding steroid dienone is 1. The molecule has 0 aliphatic rings. The summed E-state index contributed by atoms with van der Waals surface area (Å²) < 4.78 is 14.0. The Labute approximate surface area is 171 Å². The molecule has 0 fully saturated rings. The molecule has 0 saturated heterocycles. The number of methoxy groups -OCH3 is 1. The van der Waals surface area contributed by atoms with Crippen molar-refractivity contribution < 1.29 is 14.3 Å². The van der Waals surface area contributed by atoms with Crippen LogP contribution in [0.3, 0.4) is 0 Å². The van der Waals surface area contributed by atoms with Crippen LogP contribution in [0.2, 0.25) is 0 Å². The van der Waals surface area contributed by atoms with Crippen molar-refractivity contribution in [3.63, 3.8) is 0 Å². The molecule has 0 aliphatic carbocycles. The molecule has 27 heavy (non-hydrogen) atoms. The van der Waals surface area contributed by atoms with Gasteiger partial charge in [-0.25, -0.2) is 0 Å². The zero-order valence-corrected chi connectivity index (χ0v) is 17.2. The molecule has 0 aliphatic heterocycles. The molecule has 5 nitrogen and oxygen atoms in total. The Morgan fingerprint density at radius 2 is 1.96 bits per heavy atom. The van der Waals surface area contributed by atoms with Crippen LogP contribution in [0.5, 0.6) is 11.5 Å². The van der Waals surface area contributed by atoms with Crippen LogP contribution >= 0.6 is 22.6 Å². The van der Waals surface area contributed by atoms with Gasteiger partial charge in [-0.3, -0.25) is 9.48 Å². The minimum absolute atomic E-state index is 0.136. The zero-order valence-electron chi connectivity index (χ0n) is 15.1. The summed E-state index contributed by atoms with van der Waals surface area (Å²) in [6, 6.07) is 15.3. The Hall–Kier alpha value is -2.61. The first-order valence-corrected chi connectivity index (χ1v) is 9.40. The van der Waals surface area contributed by atoms with E-state index >= 15 is 0 Å². The summed E-state index contributed by atoms with van der Waals surface area (Å²) in [6.07, 6.45) is 5.03. The molecular formula is C21H19IN2O3. The third-order valence-electron chi connectivity index (χ3n) is 3.91. The molecule has 0 unspecified atom stereocenters. The first-order valence-electron chi connectivity index (χ1n) is 8.32. The highest BCUT2D eigenvalue weighted by molar-refractivity contribution is 14.1. The lowest BCUT2D eigenvalue weighted by molar-refractivity contribution is 0.104. The van der Waals surface area contributed by atoms with Crippen molar-refractivity contribution in [3.8, 4) is 11.5 Å². The average molecular weight is 474 g/mol. The minimum atomic E-state index is -0.136.